The van der Waals surface area contributed by atoms with Crippen LogP contribution in [0.2, 0.25) is 0 Å². The topological polar surface area (TPSA) is 57.6 Å². The molecule has 0 aromatic carbocycles. The fourth-order valence-corrected chi connectivity index (χ4v) is 4.80. The zero-order valence-corrected chi connectivity index (χ0v) is 12.1. The first kappa shape index (κ1) is 14.3. The van der Waals surface area contributed by atoms with Gasteiger partial charge in [-0.05, 0) is 43.4 Å². The number of hydrogen-bond acceptors (Lipinski definition) is 3. The summed E-state index contributed by atoms with van der Waals surface area (Å²) in [5, 5.41) is 9.46. The van der Waals surface area contributed by atoms with Crippen molar-refractivity contribution in [3.05, 3.63) is 0 Å². The van der Waals surface area contributed by atoms with Gasteiger partial charge < -0.3 is 5.11 Å². The summed E-state index contributed by atoms with van der Waals surface area (Å²) in [5.41, 5.74) is -0.0392. The van der Waals surface area contributed by atoms with Crippen molar-refractivity contribution in [2.75, 3.05) is 25.4 Å². The maximum atomic E-state index is 12.2. The zero-order chi connectivity index (χ0) is 13.2. The summed E-state index contributed by atoms with van der Waals surface area (Å²) < 4.78 is 26.1. The van der Waals surface area contributed by atoms with Crippen molar-refractivity contribution >= 4 is 10.0 Å². The molecule has 5 heteroatoms. The zero-order valence-electron chi connectivity index (χ0n) is 11.3. The first-order valence-electron chi connectivity index (χ1n) is 7.10. The fraction of sp³-hybridized carbons (Fsp3) is 1.00. The molecule has 0 spiro atoms. The number of rotatable bonds is 5. The van der Waals surface area contributed by atoms with E-state index in [9.17, 15) is 13.5 Å². The third kappa shape index (κ3) is 2.89. The highest BCUT2D eigenvalue weighted by Gasteiger charge is 2.37. The lowest BCUT2D eigenvalue weighted by atomic mass is 9.77. The molecule has 1 saturated carbocycles. The van der Waals surface area contributed by atoms with E-state index in [1.54, 1.807) is 4.31 Å². The average molecular weight is 275 g/mol. The molecule has 1 heterocycles. The van der Waals surface area contributed by atoms with Crippen molar-refractivity contribution in [3.8, 4) is 0 Å². The van der Waals surface area contributed by atoms with E-state index < -0.39 is 10.0 Å². The van der Waals surface area contributed by atoms with Crippen molar-refractivity contribution in [1.82, 2.24) is 4.31 Å². The van der Waals surface area contributed by atoms with E-state index in [1.165, 1.54) is 6.42 Å². The van der Waals surface area contributed by atoms with E-state index in [0.29, 0.717) is 24.8 Å². The number of aliphatic hydroxyl groups excluding tert-OH is 1. The van der Waals surface area contributed by atoms with Gasteiger partial charge >= 0.3 is 0 Å². The molecule has 1 saturated heterocycles. The Morgan fingerprint density at radius 1 is 1.28 bits per heavy atom. The van der Waals surface area contributed by atoms with Crippen LogP contribution in [0.3, 0.4) is 0 Å². The highest BCUT2D eigenvalue weighted by atomic mass is 32.2. The van der Waals surface area contributed by atoms with Gasteiger partial charge in [-0.3, -0.25) is 0 Å². The SMILES string of the molecule is CCC1(CO)CCN(S(=O)(=O)CC2CCC2)CC1. The van der Waals surface area contributed by atoms with Gasteiger partial charge in [0.1, 0.15) is 0 Å². The van der Waals surface area contributed by atoms with E-state index in [1.807, 2.05) is 0 Å². The Balaban J connectivity index is 1.92. The molecule has 2 fully saturated rings. The molecule has 0 aromatic rings. The lowest BCUT2D eigenvalue weighted by molar-refractivity contribution is 0.0645. The molecule has 2 aliphatic rings. The number of aliphatic hydroxyl groups is 1. The number of piperidine rings is 1. The molecular formula is C13H25NO3S. The van der Waals surface area contributed by atoms with Crippen LogP contribution >= 0.6 is 0 Å². The molecule has 1 N–H and O–H groups in total. The second kappa shape index (κ2) is 5.47. The molecule has 106 valence electrons. The van der Waals surface area contributed by atoms with Gasteiger partial charge in [0.05, 0.1) is 5.75 Å². The van der Waals surface area contributed by atoms with Crippen LogP contribution in [0.5, 0.6) is 0 Å². The van der Waals surface area contributed by atoms with E-state index >= 15 is 0 Å². The van der Waals surface area contributed by atoms with Gasteiger partial charge in [0.15, 0.2) is 0 Å². The van der Waals surface area contributed by atoms with Gasteiger partial charge in [-0.15, -0.1) is 0 Å². The van der Waals surface area contributed by atoms with Gasteiger partial charge in [0.2, 0.25) is 10.0 Å². The normalized spacial score (nSPS) is 25.9. The van der Waals surface area contributed by atoms with Crippen molar-refractivity contribution in [2.45, 2.75) is 45.4 Å². The van der Waals surface area contributed by atoms with Crippen LogP contribution in [0.1, 0.15) is 45.4 Å². The van der Waals surface area contributed by atoms with Crippen LogP contribution in [0, 0.1) is 11.3 Å². The van der Waals surface area contributed by atoms with E-state index in [0.717, 1.165) is 32.1 Å². The highest BCUT2D eigenvalue weighted by Crippen LogP contribution is 2.36. The molecule has 2 rings (SSSR count). The smallest absolute Gasteiger partial charge is 0.214 e. The molecule has 0 unspecified atom stereocenters. The van der Waals surface area contributed by atoms with Crippen molar-refractivity contribution in [1.29, 1.82) is 0 Å². The number of hydrogen-bond donors (Lipinski definition) is 1. The summed E-state index contributed by atoms with van der Waals surface area (Å²) in [4.78, 5) is 0. The van der Waals surface area contributed by atoms with Crippen LogP contribution in [0.15, 0.2) is 0 Å². The minimum Gasteiger partial charge on any atom is -0.396 e. The third-order valence-corrected chi connectivity index (χ3v) is 6.98. The first-order valence-corrected chi connectivity index (χ1v) is 8.71. The van der Waals surface area contributed by atoms with Crippen LogP contribution in [-0.4, -0.2) is 43.3 Å². The van der Waals surface area contributed by atoms with Gasteiger partial charge in [-0.1, -0.05) is 13.3 Å². The Hall–Kier alpha value is -0.130. The largest absolute Gasteiger partial charge is 0.396 e. The Bertz CT molecular complexity index is 362. The first-order chi connectivity index (χ1) is 8.51. The average Bonchev–Trinajstić information content (AvgIpc) is 2.34. The summed E-state index contributed by atoms with van der Waals surface area (Å²) in [7, 11) is -3.06. The molecule has 4 nitrogen and oxygen atoms in total. The second-order valence-corrected chi connectivity index (χ2v) is 8.00. The van der Waals surface area contributed by atoms with E-state index in [-0.39, 0.29) is 12.0 Å². The highest BCUT2D eigenvalue weighted by molar-refractivity contribution is 7.89. The lowest BCUT2D eigenvalue weighted by Gasteiger charge is -2.40. The summed E-state index contributed by atoms with van der Waals surface area (Å²) in [6.45, 7) is 3.43. The molecule has 0 bridgehead atoms. The molecular weight excluding hydrogens is 250 g/mol. The molecule has 0 aromatic heterocycles. The minimum atomic E-state index is -3.06. The van der Waals surface area contributed by atoms with E-state index in [4.69, 9.17) is 0 Å². The predicted molar refractivity (Wildman–Crippen MR) is 71.7 cm³/mol. The van der Waals surface area contributed by atoms with Gasteiger partial charge in [-0.25, -0.2) is 12.7 Å². The Kier molecular flexibility index (Phi) is 4.34. The minimum absolute atomic E-state index is 0.0392. The Morgan fingerprint density at radius 3 is 2.28 bits per heavy atom. The maximum absolute atomic E-state index is 12.2. The molecule has 0 amide bonds. The standard InChI is InChI=1S/C13H25NO3S/c1-2-13(11-15)6-8-14(9-7-13)18(16,17)10-12-4-3-5-12/h12,15H,2-11H2,1H3. The third-order valence-electron chi connectivity index (χ3n) is 4.93. The number of nitrogens with zero attached hydrogens (tertiary/aromatic N) is 1. The van der Waals surface area contributed by atoms with Crippen molar-refractivity contribution in [3.63, 3.8) is 0 Å². The predicted octanol–water partition coefficient (Wildman–Crippen LogP) is 1.60. The fourth-order valence-electron chi connectivity index (χ4n) is 2.92. The molecule has 0 atom stereocenters. The van der Waals surface area contributed by atoms with Crippen molar-refractivity contribution < 1.29 is 13.5 Å². The van der Waals surface area contributed by atoms with Gasteiger partial charge in [0.25, 0.3) is 0 Å². The van der Waals surface area contributed by atoms with Crippen LogP contribution in [0.4, 0.5) is 0 Å². The Morgan fingerprint density at radius 2 is 1.89 bits per heavy atom. The van der Waals surface area contributed by atoms with Crippen LogP contribution in [-0.2, 0) is 10.0 Å². The van der Waals surface area contributed by atoms with Crippen molar-refractivity contribution in [2.24, 2.45) is 11.3 Å². The van der Waals surface area contributed by atoms with Crippen LogP contribution in [0.25, 0.3) is 0 Å². The van der Waals surface area contributed by atoms with Crippen LogP contribution < -0.4 is 0 Å². The second-order valence-electron chi connectivity index (χ2n) is 5.99. The molecule has 0 radical (unpaired) electrons. The monoisotopic (exact) mass is 275 g/mol. The van der Waals surface area contributed by atoms with Gasteiger partial charge in [0, 0.05) is 19.7 Å². The van der Waals surface area contributed by atoms with Gasteiger partial charge in [-0.2, -0.15) is 0 Å². The maximum Gasteiger partial charge on any atom is 0.214 e. The molecule has 18 heavy (non-hydrogen) atoms. The quantitative estimate of drug-likeness (QED) is 0.829. The van der Waals surface area contributed by atoms with E-state index in [2.05, 4.69) is 6.92 Å². The summed E-state index contributed by atoms with van der Waals surface area (Å²) in [6.07, 6.45) is 5.85. The summed E-state index contributed by atoms with van der Waals surface area (Å²) in [5.74, 6) is 0.733. The number of sulfonamides is 1. The molecule has 1 aliphatic carbocycles. The molecule has 1 aliphatic heterocycles. The lowest BCUT2D eigenvalue weighted by Crippen LogP contribution is -2.46. The summed E-state index contributed by atoms with van der Waals surface area (Å²) in [6, 6.07) is 0. The Labute approximate surface area is 110 Å². The summed E-state index contributed by atoms with van der Waals surface area (Å²) >= 11 is 0.